The van der Waals surface area contributed by atoms with Gasteiger partial charge in [-0.1, -0.05) is 6.07 Å². The molecule has 18 heavy (non-hydrogen) atoms. The number of aromatic nitrogens is 1. The van der Waals surface area contributed by atoms with Crippen molar-refractivity contribution in [1.29, 1.82) is 0 Å². The molecular formula is C13H16N2O3. The highest BCUT2D eigenvalue weighted by Gasteiger charge is 2.11. The summed E-state index contributed by atoms with van der Waals surface area (Å²) in [5.41, 5.74) is 7.60. The molecule has 1 aromatic heterocycles. The Morgan fingerprint density at radius 1 is 1.44 bits per heavy atom. The minimum absolute atomic E-state index is 0.340. The predicted molar refractivity (Wildman–Crippen MR) is 71.0 cm³/mol. The molecule has 4 N–H and O–H groups in total. The van der Waals surface area contributed by atoms with E-state index < -0.39 is 0 Å². The van der Waals surface area contributed by atoms with Gasteiger partial charge in [0, 0.05) is 23.7 Å². The number of esters is 1. The van der Waals surface area contributed by atoms with Gasteiger partial charge in [-0.2, -0.15) is 0 Å². The SMILES string of the molecule is CO.COC(=O)c1cccc2[nH]c(/C=C/N)cc12. The molecule has 0 saturated heterocycles. The number of nitrogens with one attached hydrogen (secondary N) is 1. The van der Waals surface area contributed by atoms with Crippen LogP contribution in [0.25, 0.3) is 17.0 Å². The van der Waals surface area contributed by atoms with E-state index in [9.17, 15) is 4.79 Å². The predicted octanol–water partition coefficient (Wildman–Crippen LogP) is 1.49. The van der Waals surface area contributed by atoms with Crippen LogP contribution in [0.1, 0.15) is 16.1 Å². The molecule has 1 heterocycles. The van der Waals surface area contributed by atoms with Gasteiger partial charge in [-0.3, -0.25) is 0 Å². The van der Waals surface area contributed by atoms with Crippen molar-refractivity contribution in [1.82, 2.24) is 4.98 Å². The van der Waals surface area contributed by atoms with Crippen molar-refractivity contribution in [2.45, 2.75) is 0 Å². The highest BCUT2D eigenvalue weighted by Crippen LogP contribution is 2.21. The number of nitrogens with two attached hydrogens (primary N) is 1. The fourth-order valence-electron chi connectivity index (χ4n) is 1.66. The Balaban J connectivity index is 0.000000771. The number of carbonyl (C=O) groups is 1. The van der Waals surface area contributed by atoms with E-state index in [-0.39, 0.29) is 5.97 Å². The average Bonchev–Trinajstić information content (AvgIpc) is 2.82. The number of carbonyl (C=O) groups excluding carboxylic acids is 1. The van der Waals surface area contributed by atoms with E-state index in [2.05, 4.69) is 4.98 Å². The molecule has 0 aliphatic heterocycles. The van der Waals surface area contributed by atoms with E-state index in [1.165, 1.54) is 13.3 Å². The third-order valence-corrected chi connectivity index (χ3v) is 2.37. The van der Waals surface area contributed by atoms with Gasteiger partial charge in [-0.25, -0.2) is 4.79 Å². The highest BCUT2D eigenvalue weighted by atomic mass is 16.5. The molecule has 2 rings (SSSR count). The lowest BCUT2D eigenvalue weighted by Gasteiger charge is -1.99. The molecule has 1 aromatic carbocycles. The first kappa shape index (κ1) is 13.8. The zero-order chi connectivity index (χ0) is 13.5. The molecule has 0 saturated carbocycles. The second-order valence-corrected chi connectivity index (χ2v) is 3.34. The summed E-state index contributed by atoms with van der Waals surface area (Å²) in [5, 5.41) is 7.84. The highest BCUT2D eigenvalue weighted by molar-refractivity contribution is 6.04. The largest absolute Gasteiger partial charge is 0.465 e. The van der Waals surface area contributed by atoms with Crippen molar-refractivity contribution in [2.24, 2.45) is 5.73 Å². The molecule has 0 unspecified atom stereocenters. The van der Waals surface area contributed by atoms with Crippen molar-refractivity contribution < 1.29 is 14.6 Å². The van der Waals surface area contributed by atoms with Gasteiger partial charge in [0.15, 0.2) is 0 Å². The van der Waals surface area contributed by atoms with Crippen molar-refractivity contribution in [2.75, 3.05) is 14.2 Å². The number of rotatable bonds is 2. The van der Waals surface area contributed by atoms with Crippen LogP contribution < -0.4 is 5.73 Å². The number of fused-ring (bicyclic) bond motifs is 1. The maximum atomic E-state index is 11.5. The van der Waals surface area contributed by atoms with E-state index in [0.717, 1.165) is 23.7 Å². The van der Waals surface area contributed by atoms with E-state index >= 15 is 0 Å². The van der Waals surface area contributed by atoms with Crippen molar-refractivity contribution in [3.05, 3.63) is 41.7 Å². The average molecular weight is 248 g/mol. The van der Waals surface area contributed by atoms with E-state index in [1.54, 1.807) is 18.2 Å². The molecule has 0 bridgehead atoms. The molecule has 0 atom stereocenters. The Hall–Kier alpha value is -2.27. The van der Waals surface area contributed by atoms with Crippen LogP contribution in [-0.2, 0) is 4.74 Å². The summed E-state index contributed by atoms with van der Waals surface area (Å²) in [6.45, 7) is 0. The van der Waals surface area contributed by atoms with Gasteiger partial charge in [0.05, 0.1) is 12.7 Å². The molecule has 96 valence electrons. The number of hydrogen-bond acceptors (Lipinski definition) is 4. The van der Waals surface area contributed by atoms with Crippen LogP contribution in [0.15, 0.2) is 30.5 Å². The minimum Gasteiger partial charge on any atom is -0.465 e. The van der Waals surface area contributed by atoms with Crippen LogP contribution in [0.3, 0.4) is 0 Å². The van der Waals surface area contributed by atoms with Crippen molar-refractivity contribution in [3.63, 3.8) is 0 Å². The Labute approximate surface area is 105 Å². The van der Waals surface area contributed by atoms with Gasteiger partial charge in [0.25, 0.3) is 0 Å². The number of ether oxygens (including phenoxy) is 1. The third-order valence-electron chi connectivity index (χ3n) is 2.37. The van der Waals surface area contributed by atoms with Gasteiger partial charge in [-0.05, 0) is 30.5 Å². The van der Waals surface area contributed by atoms with E-state index in [1.807, 2.05) is 12.1 Å². The molecule has 0 amide bonds. The Kier molecular flexibility index (Phi) is 4.95. The number of benzene rings is 1. The number of aliphatic hydroxyl groups is 1. The Bertz CT molecular complexity index is 558. The summed E-state index contributed by atoms with van der Waals surface area (Å²) in [5.74, 6) is -0.340. The minimum atomic E-state index is -0.340. The monoisotopic (exact) mass is 248 g/mol. The first-order valence-electron chi connectivity index (χ1n) is 5.29. The third kappa shape index (κ3) is 2.70. The molecule has 2 aromatic rings. The van der Waals surface area contributed by atoms with Gasteiger partial charge in [0.2, 0.25) is 0 Å². The summed E-state index contributed by atoms with van der Waals surface area (Å²) in [6.07, 6.45) is 3.18. The van der Waals surface area contributed by atoms with E-state index in [4.69, 9.17) is 15.6 Å². The lowest BCUT2D eigenvalue weighted by atomic mass is 10.1. The second-order valence-electron chi connectivity index (χ2n) is 3.34. The summed E-state index contributed by atoms with van der Waals surface area (Å²) < 4.78 is 4.72. The molecule has 0 aliphatic rings. The summed E-state index contributed by atoms with van der Waals surface area (Å²) >= 11 is 0. The van der Waals surface area contributed by atoms with Crippen LogP contribution in [0.4, 0.5) is 0 Å². The number of aliphatic hydroxyl groups excluding tert-OH is 1. The van der Waals surface area contributed by atoms with Crippen LogP contribution in [0, 0.1) is 0 Å². The Morgan fingerprint density at radius 2 is 2.17 bits per heavy atom. The first-order chi connectivity index (χ1) is 8.76. The molecule has 0 fully saturated rings. The summed E-state index contributed by atoms with van der Waals surface area (Å²) in [7, 11) is 2.37. The number of aromatic amines is 1. The van der Waals surface area contributed by atoms with Crippen LogP contribution in [0.5, 0.6) is 0 Å². The zero-order valence-electron chi connectivity index (χ0n) is 10.3. The van der Waals surface area contributed by atoms with Crippen molar-refractivity contribution >= 4 is 22.9 Å². The van der Waals surface area contributed by atoms with E-state index in [0.29, 0.717) is 5.56 Å². The standard InChI is InChI=1S/C12H12N2O2.CH4O/c1-16-12(15)9-3-2-4-11-10(9)7-8(14-11)5-6-13;1-2/h2-7,14H,13H2,1H3;2H,1H3/b6-5+;. The fraction of sp³-hybridized carbons (Fsp3) is 0.154. The Morgan fingerprint density at radius 3 is 2.78 bits per heavy atom. The zero-order valence-corrected chi connectivity index (χ0v) is 10.3. The normalized spacial score (nSPS) is 10.2. The number of H-pyrrole nitrogens is 1. The lowest BCUT2D eigenvalue weighted by Crippen LogP contribution is -2.00. The second kappa shape index (κ2) is 6.46. The van der Waals surface area contributed by atoms with Gasteiger partial charge >= 0.3 is 5.97 Å². The lowest BCUT2D eigenvalue weighted by molar-refractivity contribution is 0.0603. The number of hydrogen-bond donors (Lipinski definition) is 3. The summed E-state index contributed by atoms with van der Waals surface area (Å²) in [6, 6.07) is 7.31. The van der Waals surface area contributed by atoms with Gasteiger partial charge in [-0.15, -0.1) is 0 Å². The topological polar surface area (TPSA) is 88.3 Å². The number of methoxy groups -OCH3 is 1. The van der Waals surface area contributed by atoms with Crippen LogP contribution in [0.2, 0.25) is 0 Å². The first-order valence-corrected chi connectivity index (χ1v) is 5.29. The molecular weight excluding hydrogens is 232 g/mol. The maximum Gasteiger partial charge on any atom is 0.338 e. The molecule has 0 spiro atoms. The van der Waals surface area contributed by atoms with Crippen LogP contribution >= 0.6 is 0 Å². The van der Waals surface area contributed by atoms with Crippen LogP contribution in [-0.4, -0.2) is 30.3 Å². The molecule has 5 heteroatoms. The molecule has 5 nitrogen and oxygen atoms in total. The van der Waals surface area contributed by atoms with Crippen molar-refractivity contribution in [3.8, 4) is 0 Å². The van der Waals surface area contributed by atoms with Gasteiger partial charge in [0.1, 0.15) is 0 Å². The van der Waals surface area contributed by atoms with Gasteiger partial charge < -0.3 is 20.6 Å². The quantitative estimate of drug-likeness (QED) is 0.702. The summed E-state index contributed by atoms with van der Waals surface area (Å²) in [4.78, 5) is 14.7. The molecule has 0 radical (unpaired) electrons. The molecule has 0 aliphatic carbocycles. The maximum absolute atomic E-state index is 11.5. The smallest absolute Gasteiger partial charge is 0.338 e. The fourth-order valence-corrected chi connectivity index (χ4v) is 1.66.